The van der Waals surface area contributed by atoms with E-state index >= 15 is 0 Å². The summed E-state index contributed by atoms with van der Waals surface area (Å²) in [5.74, 6) is -0.387. The van der Waals surface area contributed by atoms with Crippen molar-refractivity contribution in [3.05, 3.63) is 24.3 Å². The molecule has 0 aromatic heterocycles. The average molecular weight is 235 g/mol. The van der Waals surface area contributed by atoms with Crippen LogP contribution in [-0.2, 0) is 14.3 Å². The molecule has 92 valence electrons. The van der Waals surface area contributed by atoms with Gasteiger partial charge in [-0.15, -0.1) is 0 Å². The molecule has 0 spiro atoms. The topological polar surface area (TPSA) is 46.6 Å². The second-order valence-electron chi connectivity index (χ2n) is 4.64. The van der Waals surface area contributed by atoms with Gasteiger partial charge in [-0.05, 0) is 12.0 Å². The zero-order chi connectivity index (χ0) is 12.7. The van der Waals surface area contributed by atoms with E-state index in [1.807, 2.05) is 6.92 Å². The predicted octanol–water partition coefficient (Wildman–Crippen LogP) is 0.933. The third-order valence-corrected chi connectivity index (χ3v) is 3.75. The second kappa shape index (κ2) is 4.11. The van der Waals surface area contributed by atoms with Crippen molar-refractivity contribution < 1.29 is 14.3 Å². The van der Waals surface area contributed by atoms with Gasteiger partial charge < -0.3 is 9.64 Å². The fraction of sp³-hybridized carbons (Fsp3) is 0.538. The molecule has 2 aliphatic rings. The van der Waals surface area contributed by atoms with E-state index in [-0.39, 0.29) is 17.6 Å². The lowest BCUT2D eigenvalue weighted by Crippen LogP contribution is -2.69. The van der Waals surface area contributed by atoms with Crippen LogP contribution in [0.15, 0.2) is 24.3 Å². The molecule has 0 aromatic rings. The van der Waals surface area contributed by atoms with Crippen LogP contribution in [-0.4, -0.2) is 42.4 Å². The summed E-state index contributed by atoms with van der Waals surface area (Å²) >= 11 is 0. The minimum absolute atomic E-state index is 0.00213. The number of allylic oxidation sites excluding steroid dienone is 1. The number of β-lactam (4-membered cyclic amide) rings is 1. The maximum absolute atomic E-state index is 12.3. The Hall–Kier alpha value is -1.42. The monoisotopic (exact) mass is 235 g/mol. The number of ether oxygens (including phenoxy) is 1. The van der Waals surface area contributed by atoms with E-state index < -0.39 is 12.1 Å². The van der Waals surface area contributed by atoms with Crippen LogP contribution < -0.4 is 0 Å². The van der Waals surface area contributed by atoms with Gasteiger partial charge >= 0.3 is 0 Å². The third kappa shape index (κ3) is 1.63. The Morgan fingerprint density at radius 1 is 1.35 bits per heavy atom. The zero-order valence-electron chi connectivity index (χ0n) is 10.2. The first-order valence-electron chi connectivity index (χ1n) is 5.73. The summed E-state index contributed by atoms with van der Waals surface area (Å²) in [6.07, 6.45) is 0.0684. The highest BCUT2D eigenvalue weighted by Crippen LogP contribution is 2.33. The number of hydrogen-bond donors (Lipinski definition) is 0. The third-order valence-electron chi connectivity index (χ3n) is 3.75. The van der Waals surface area contributed by atoms with Gasteiger partial charge in [0.2, 0.25) is 0 Å². The van der Waals surface area contributed by atoms with Crippen molar-refractivity contribution in [2.45, 2.75) is 25.5 Å². The van der Waals surface area contributed by atoms with Crippen molar-refractivity contribution in [3.8, 4) is 0 Å². The van der Waals surface area contributed by atoms with Crippen molar-refractivity contribution in [2.75, 3.05) is 13.7 Å². The van der Waals surface area contributed by atoms with E-state index in [2.05, 4.69) is 13.2 Å². The maximum atomic E-state index is 12.3. The second-order valence-corrected chi connectivity index (χ2v) is 4.64. The molecule has 0 radical (unpaired) electrons. The van der Waals surface area contributed by atoms with Gasteiger partial charge in [0, 0.05) is 19.6 Å². The fourth-order valence-corrected chi connectivity index (χ4v) is 2.45. The van der Waals surface area contributed by atoms with Crippen molar-refractivity contribution >= 4 is 11.7 Å². The van der Waals surface area contributed by atoms with Crippen LogP contribution in [0.2, 0.25) is 0 Å². The molecular formula is C13H17NO3. The highest BCUT2D eigenvalue weighted by Gasteiger charge is 2.53. The Balaban J connectivity index is 2.28. The van der Waals surface area contributed by atoms with Gasteiger partial charge in [0.05, 0.1) is 0 Å². The average Bonchev–Trinajstić information content (AvgIpc) is 2.32. The van der Waals surface area contributed by atoms with Crippen LogP contribution in [0.3, 0.4) is 0 Å². The van der Waals surface area contributed by atoms with Crippen molar-refractivity contribution in [1.82, 2.24) is 4.90 Å². The van der Waals surface area contributed by atoms with Crippen LogP contribution in [0, 0.1) is 5.92 Å². The number of ketones is 1. The number of rotatable bonds is 1. The molecular weight excluding hydrogens is 218 g/mol. The van der Waals surface area contributed by atoms with Gasteiger partial charge in [0.15, 0.2) is 11.9 Å². The first kappa shape index (κ1) is 12.0. The number of carbonyl (C=O) groups is 2. The quantitative estimate of drug-likeness (QED) is 0.635. The molecule has 0 saturated carbocycles. The number of Topliss-reactive ketones (excluding diaryl/α,β-unsaturated/α-hetero) is 1. The SMILES string of the molecule is C=C1CCN2C(=O)C(OC)C2C(=O)[C@H](C)C1=C. The standard InChI is InChI=1S/C13H17NO3/c1-7-5-6-14-10(12(17-4)13(14)16)11(15)9(3)8(7)2/h9-10,12H,1-2,5-6H2,3-4H3/t9-,10?,12?/m1/s1. The Morgan fingerprint density at radius 2 is 2.00 bits per heavy atom. The molecule has 2 unspecified atom stereocenters. The van der Waals surface area contributed by atoms with Gasteiger partial charge in [-0.1, -0.05) is 25.7 Å². The van der Waals surface area contributed by atoms with E-state index in [9.17, 15) is 9.59 Å². The van der Waals surface area contributed by atoms with Crippen molar-refractivity contribution in [1.29, 1.82) is 0 Å². The predicted molar refractivity (Wildman–Crippen MR) is 63.4 cm³/mol. The van der Waals surface area contributed by atoms with E-state index in [4.69, 9.17) is 4.74 Å². The van der Waals surface area contributed by atoms with Gasteiger partial charge in [-0.2, -0.15) is 0 Å². The summed E-state index contributed by atoms with van der Waals surface area (Å²) in [5.41, 5.74) is 1.64. The molecule has 2 heterocycles. The molecule has 2 rings (SSSR count). The van der Waals surface area contributed by atoms with Gasteiger partial charge in [0.1, 0.15) is 6.04 Å². The first-order valence-corrected chi connectivity index (χ1v) is 5.73. The lowest BCUT2D eigenvalue weighted by atomic mass is 9.80. The number of methoxy groups -OCH3 is 1. The molecule has 0 bridgehead atoms. The molecule has 4 heteroatoms. The van der Waals surface area contributed by atoms with Crippen LogP contribution >= 0.6 is 0 Å². The summed E-state index contributed by atoms with van der Waals surface area (Å²) in [6.45, 7) is 10.2. The van der Waals surface area contributed by atoms with Crippen LogP contribution in [0.5, 0.6) is 0 Å². The molecule has 2 aliphatic heterocycles. The maximum Gasteiger partial charge on any atom is 0.255 e. The Morgan fingerprint density at radius 3 is 2.59 bits per heavy atom. The van der Waals surface area contributed by atoms with Crippen molar-refractivity contribution in [3.63, 3.8) is 0 Å². The molecule has 4 nitrogen and oxygen atoms in total. The fourth-order valence-electron chi connectivity index (χ4n) is 2.45. The number of carbonyl (C=O) groups excluding carboxylic acids is 2. The number of amides is 1. The molecule has 0 N–H and O–H groups in total. The van der Waals surface area contributed by atoms with Crippen LogP contribution in [0.25, 0.3) is 0 Å². The van der Waals surface area contributed by atoms with Crippen LogP contribution in [0.4, 0.5) is 0 Å². The molecule has 2 saturated heterocycles. The van der Waals surface area contributed by atoms with Crippen molar-refractivity contribution in [2.24, 2.45) is 5.92 Å². The lowest BCUT2D eigenvalue weighted by molar-refractivity contribution is -0.175. The molecule has 17 heavy (non-hydrogen) atoms. The molecule has 0 aliphatic carbocycles. The lowest BCUT2D eigenvalue weighted by Gasteiger charge is -2.47. The summed E-state index contributed by atoms with van der Waals surface area (Å²) in [7, 11) is 1.46. The minimum Gasteiger partial charge on any atom is -0.369 e. The Bertz CT molecular complexity index is 413. The number of fused-ring (bicyclic) bond motifs is 1. The summed E-state index contributed by atoms with van der Waals surface area (Å²) < 4.78 is 5.08. The highest BCUT2D eigenvalue weighted by molar-refractivity contribution is 6.03. The summed E-state index contributed by atoms with van der Waals surface area (Å²) in [4.78, 5) is 25.6. The van der Waals surface area contributed by atoms with E-state index in [1.165, 1.54) is 7.11 Å². The summed E-state index contributed by atoms with van der Waals surface area (Å²) in [6, 6.07) is -0.438. The Labute approximate surface area is 101 Å². The smallest absolute Gasteiger partial charge is 0.255 e. The first-order chi connectivity index (χ1) is 7.99. The molecule has 2 fully saturated rings. The van der Waals surface area contributed by atoms with E-state index in [0.29, 0.717) is 13.0 Å². The van der Waals surface area contributed by atoms with E-state index in [1.54, 1.807) is 4.90 Å². The molecule has 0 aromatic carbocycles. The number of nitrogens with zero attached hydrogens (tertiary/aromatic N) is 1. The van der Waals surface area contributed by atoms with E-state index in [0.717, 1.165) is 11.1 Å². The largest absolute Gasteiger partial charge is 0.369 e. The number of hydrogen-bond acceptors (Lipinski definition) is 3. The van der Waals surface area contributed by atoms with Crippen LogP contribution in [0.1, 0.15) is 13.3 Å². The zero-order valence-corrected chi connectivity index (χ0v) is 10.2. The Kier molecular flexibility index (Phi) is 2.91. The molecule has 1 amide bonds. The minimum atomic E-state index is -0.607. The van der Waals surface area contributed by atoms with Gasteiger partial charge in [0.25, 0.3) is 5.91 Å². The highest BCUT2D eigenvalue weighted by atomic mass is 16.5. The summed E-state index contributed by atoms with van der Waals surface area (Å²) in [5, 5.41) is 0. The van der Waals surface area contributed by atoms with Gasteiger partial charge in [-0.25, -0.2) is 0 Å². The molecule has 3 atom stereocenters. The normalized spacial score (nSPS) is 34.0. The van der Waals surface area contributed by atoms with Gasteiger partial charge in [-0.3, -0.25) is 9.59 Å².